The molecule has 1 N–H and O–H groups in total. The molecular weight excluding hydrogens is 186 g/mol. The Kier molecular flexibility index (Phi) is 12.0. The van der Waals surface area contributed by atoms with E-state index in [-0.39, 0.29) is 35.8 Å². The van der Waals surface area contributed by atoms with Gasteiger partial charge in [0.25, 0.3) is 0 Å². The largest absolute Gasteiger partial charge is 1.00 e. The Morgan fingerprint density at radius 1 is 1.14 bits per heavy atom. The van der Waals surface area contributed by atoms with Gasteiger partial charge in [0.15, 0.2) is 0 Å². The van der Waals surface area contributed by atoms with E-state index in [1.165, 1.54) is 0 Å². The third-order valence-corrected chi connectivity index (χ3v) is 0. The van der Waals surface area contributed by atoms with Gasteiger partial charge in [0.2, 0.25) is 0 Å². The van der Waals surface area contributed by atoms with Crippen LogP contribution in [-0.2, 0) is 0 Å². The maximum absolute atomic E-state index is 8.60. The zero-order valence-corrected chi connectivity index (χ0v) is 5.77. The van der Waals surface area contributed by atoms with Crippen LogP contribution in [0, 0.1) is 10.2 Å². The first-order valence-corrected chi connectivity index (χ1v) is 1.90. The van der Waals surface area contributed by atoms with Crippen molar-refractivity contribution in [3.8, 4) is 0 Å². The Morgan fingerprint density at radius 3 is 1.14 bits per heavy atom. The molecule has 0 fully saturated rings. The van der Waals surface area contributed by atoms with Crippen LogP contribution in [-0.4, -0.2) is 4.66 Å². The van der Waals surface area contributed by atoms with Gasteiger partial charge in [0.05, 0.1) is 14.9 Å². The first-order chi connectivity index (χ1) is 2.00. The molecule has 0 heterocycles. The van der Waals surface area contributed by atoms with Crippen LogP contribution < -0.4 is 49.8 Å². The molecule has 7 heteroatoms. The molecule has 0 rings (SSSR count). The smallest absolute Gasteiger partial charge is 1.00 e. The van der Waals surface area contributed by atoms with Crippen molar-refractivity contribution in [1.29, 1.82) is 0 Å². The van der Waals surface area contributed by atoms with Gasteiger partial charge in [-0.25, -0.2) is 0 Å². The normalized spacial score (nSPS) is 8.57. The van der Waals surface area contributed by atoms with Crippen LogP contribution in [0.3, 0.4) is 0 Å². The summed E-state index contributed by atoms with van der Waals surface area (Å²) < 4.78 is 32.7. The van der Waals surface area contributed by atoms with Gasteiger partial charge in [-0.15, -0.1) is 0 Å². The van der Waals surface area contributed by atoms with E-state index in [1.807, 2.05) is 0 Å². The predicted molar refractivity (Wildman–Crippen MR) is 2.22 cm³/mol. The molecular formula is HBrClLiO4. The third-order valence-electron chi connectivity index (χ3n) is 0. The summed E-state index contributed by atoms with van der Waals surface area (Å²) in [6.45, 7) is 0. The molecule has 40 valence electrons. The number of rotatable bonds is 0. The summed E-state index contributed by atoms with van der Waals surface area (Å²) in [6.07, 6.45) is 0. The number of halogens is 2. The second-order valence-electron chi connectivity index (χ2n) is 0.396. The molecule has 0 saturated heterocycles. The Balaban J connectivity index is -0.0000000800. The molecule has 0 aromatic heterocycles. The van der Waals surface area contributed by atoms with Crippen molar-refractivity contribution in [1.82, 2.24) is 0 Å². The van der Waals surface area contributed by atoms with E-state index in [9.17, 15) is 0 Å². The van der Waals surface area contributed by atoms with E-state index < -0.39 is 10.2 Å². The molecule has 0 amide bonds. The summed E-state index contributed by atoms with van der Waals surface area (Å²) in [4.78, 5) is 0. The minimum Gasteiger partial charge on any atom is -1.00 e. The zero-order valence-electron chi connectivity index (χ0n) is 3.43. The summed E-state index contributed by atoms with van der Waals surface area (Å²) in [5, 5.41) is 0. The van der Waals surface area contributed by atoms with Crippen molar-refractivity contribution in [2.45, 2.75) is 0 Å². The molecule has 0 unspecified atom stereocenters. The van der Waals surface area contributed by atoms with Crippen molar-refractivity contribution >= 4 is 0 Å². The minimum atomic E-state index is -4.69. The summed E-state index contributed by atoms with van der Waals surface area (Å²) in [7, 11) is -4.69. The zero-order chi connectivity index (χ0) is 4.50. The number of hydrogen-bond acceptors (Lipinski definition) is 4. The standard InChI is InChI=1S/BrH.ClHO4.Li/c;2-1(3,4)5;/h1H;(H,2,3,4,5);/q;;+1/p-1. The van der Waals surface area contributed by atoms with Crippen LogP contribution in [0.5, 0.6) is 0 Å². The fourth-order valence-electron chi connectivity index (χ4n) is 0. The van der Waals surface area contributed by atoms with Crippen LogP contribution in [0.4, 0.5) is 0 Å². The quantitative estimate of drug-likeness (QED) is 0.381. The van der Waals surface area contributed by atoms with Gasteiger partial charge in [-0.3, -0.25) is 0 Å². The Labute approximate surface area is 64.8 Å². The fourth-order valence-corrected chi connectivity index (χ4v) is 0. The summed E-state index contributed by atoms with van der Waals surface area (Å²) in [6, 6.07) is 0. The monoisotopic (exact) mass is 186 g/mol. The van der Waals surface area contributed by atoms with E-state index in [1.54, 1.807) is 0 Å². The summed E-state index contributed by atoms with van der Waals surface area (Å²) in [5.41, 5.74) is 0. The first kappa shape index (κ1) is 15.7. The molecule has 0 aliphatic rings. The van der Waals surface area contributed by atoms with Crippen molar-refractivity contribution < 1.29 is 64.7 Å². The van der Waals surface area contributed by atoms with Crippen molar-refractivity contribution in [3.05, 3.63) is 0 Å². The van der Waals surface area contributed by atoms with Gasteiger partial charge in [-0.1, -0.05) is 0 Å². The number of hydrogen-bond donors (Lipinski definition) is 1. The molecule has 0 aromatic carbocycles. The van der Waals surface area contributed by atoms with E-state index >= 15 is 0 Å². The Bertz CT molecular complexity index is 27.2. The van der Waals surface area contributed by atoms with Gasteiger partial charge in [-0.2, -0.15) is 14.0 Å². The van der Waals surface area contributed by atoms with Gasteiger partial charge in [0, 0.05) is 0 Å². The van der Waals surface area contributed by atoms with Crippen LogP contribution in [0.15, 0.2) is 0 Å². The average molecular weight is 187 g/mol. The van der Waals surface area contributed by atoms with E-state index in [0.717, 1.165) is 0 Å². The van der Waals surface area contributed by atoms with Crippen molar-refractivity contribution in [2.24, 2.45) is 0 Å². The van der Waals surface area contributed by atoms with Crippen molar-refractivity contribution in [2.75, 3.05) is 0 Å². The maximum Gasteiger partial charge on any atom is 1.00 e. The Hall–Kier alpha value is 1.21. The van der Waals surface area contributed by atoms with Crippen LogP contribution in [0.25, 0.3) is 0 Å². The summed E-state index contributed by atoms with van der Waals surface area (Å²) in [5.74, 6) is 0. The van der Waals surface area contributed by atoms with E-state index in [2.05, 4.69) is 0 Å². The average Bonchev–Trinajstić information content (AvgIpc) is 0.722. The minimum absolute atomic E-state index is 0. The predicted octanol–water partition coefficient (Wildman–Crippen LogP) is -10.1. The van der Waals surface area contributed by atoms with Gasteiger partial charge in [-0.05, 0) is 0 Å². The molecule has 7 heavy (non-hydrogen) atoms. The summed E-state index contributed by atoms with van der Waals surface area (Å²) >= 11 is 0. The molecule has 0 aliphatic heterocycles. The second kappa shape index (κ2) is 5.35. The third kappa shape index (κ3) is 134. The van der Waals surface area contributed by atoms with Crippen molar-refractivity contribution in [3.63, 3.8) is 0 Å². The van der Waals surface area contributed by atoms with Crippen LogP contribution >= 0.6 is 0 Å². The van der Waals surface area contributed by atoms with Crippen LogP contribution in [0.2, 0.25) is 0 Å². The molecule has 0 spiro atoms. The molecule has 4 nitrogen and oxygen atoms in total. The van der Waals surface area contributed by atoms with Gasteiger partial charge < -0.3 is 17.0 Å². The Morgan fingerprint density at radius 2 is 1.14 bits per heavy atom. The molecule has 0 aromatic rings. The maximum atomic E-state index is 8.60. The molecule has 0 aliphatic carbocycles. The van der Waals surface area contributed by atoms with E-state index in [4.69, 9.17) is 18.6 Å². The topological polar surface area (TPSA) is 89.4 Å². The van der Waals surface area contributed by atoms with Crippen LogP contribution in [0.1, 0.15) is 0 Å². The SMILES string of the molecule is [Br-].[Li+].[O-][Cl+3]([O-])([O-])O. The molecule has 0 radical (unpaired) electrons. The first-order valence-electron chi connectivity index (χ1n) is 0.632. The fraction of sp³-hybridized carbons (Fsp3) is 0. The molecule has 0 saturated carbocycles. The van der Waals surface area contributed by atoms with Gasteiger partial charge in [0.1, 0.15) is 0 Å². The second-order valence-corrected chi connectivity index (χ2v) is 1.19. The van der Waals surface area contributed by atoms with E-state index in [0.29, 0.717) is 0 Å². The molecule has 0 bridgehead atoms. The molecule has 0 atom stereocenters. The van der Waals surface area contributed by atoms with Gasteiger partial charge >= 0.3 is 18.9 Å².